The summed E-state index contributed by atoms with van der Waals surface area (Å²) in [6.07, 6.45) is 12.8. The van der Waals surface area contributed by atoms with E-state index >= 15 is 0 Å². The predicted molar refractivity (Wildman–Crippen MR) is 111 cm³/mol. The van der Waals surface area contributed by atoms with Crippen molar-refractivity contribution in [3.63, 3.8) is 0 Å². The van der Waals surface area contributed by atoms with Crippen LogP contribution in [-0.2, 0) is 14.3 Å². The largest absolute Gasteiger partial charge is 0.463 e. The van der Waals surface area contributed by atoms with E-state index in [2.05, 4.69) is 6.92 Å². The normalized spacial score (nSPS) is 14.6. The molecule has 3 atom stereocenters. The second-order valence-electron chi connectivity index (χ2n) is 7.72. The molecule has 28 heavy (non-hydrogen) atoms. The third-order valence-electron chi connectivity index (χ3n) is 5.10. The minimum Gasteiger partial charge on any atom is -0.463 e. The van der Waals surface area contributed by atoms with E-state index < -0.39 is 12.7 Å². The van der Waals surface area contributed by atoms with Gasteiger partial charge in [0.05, 0.1) is 18.8 Å². The number of hydrogen-bond acceptors (Lipinski definition) is 6. The van der Waals surface area contributed by atoms with Gasteiger partial charge in [0.2, 0.25) is 0 Å². The van der Waals surface area contributed by atoms with Gasteiger partial charge in [-0.1, -0.05) is 71.1 Å². The van der Waals surface area contributed by atoms with Crippen molar-refractivity contribution in [1.29, 1.82) is 0 Å². The molecule has 0 aromatic carbocycles. The van der Waals surface area contributed by atoms with E-state index in [1.807, 2.05) is 0 Å². The van der Waals surface area contributed by atoms with Gasteiger partial charge in [0.1, 0.15) is 12.7 Å². The van der Waals surface area contributed by atoms with Gasteiger partial charge in [0.15, 0.2) is 0 Å². The van der Waals surface area contributed by atoms with E-state index in [4.69, 9.17) is 19.7 Å². The highest BCUT2D eigenvalue weighted by atomic mass is 16.5. The summed E-state index contributed by atoms with van der Waals surface area (Å²) in [7, 11) is 1.68. The molecule has 0 aromatic heterocycles. The molecule has 3 N–H and O–H groups in total. The minimum absolute atomic E-state index is 0.0800. The number of carbonyl (C=O) groups excluding carboxylic acids is 1. The Balaban J connectivity index is 3.61. The number of ether oxygens (including phenoxy) is 2. The molecule has 3 unspecified atom stereocenters. The molecule has 6 heteroatoms. The summed E-state index contributed by atoms with van der Waals surface area (Å²) < 4.78 is 10.3. The first kappa shape index (κ1) is 27.3. The van der Waals surface area contributed by atoms with Gasteiger partial charge in [-0.15, -0.1) is 0 Å². The van der Waals surface area contributed by atoms with E-state index in [9.17, 15) is 9.90 Å². The maximum absolute atomic E-state index is 11.5. The zero-order chi connectivity index (χ0) is 21.0. The molecule has 168 valence electrons. The molecule has 0 radical (unpaired) electrons. The molecular weight excluding hydrogens is 360 g/mol. The fourth-order valence-electron chi connectivity index (χ4n) is 3.25. The van der Waals surface area contributed by atoms with Crippen molar-refractivity contribution in [3.05, 3.63) is 0 Å². The van der Waals surface area contributed by atoms with E-state index in [0.29, 0.717) is 6.42 Å². The summed E-state index contributed by atoms with van der Waals surface area (Å²) in [5, 5.41) is 28.1. The van der Waals surface area contributed by atoms with Crippen LogP contribution in [0.15, 0.2) is 0 Å². The molecule has 0 rings (SSSR count). The second kappa shape index (κ2) is 19.6. The fraction of sp³-hybridized carbons (Fsp3) is 0.955. The molecular formula is C22H44O6. The molecule has 0 heterocycles. The number of hydrogen-bond donors (Lipinski definition) is 3. The van der Waals surface area contributed by atoms with Crippen LogP contribution in [0.25, 0.3) is 0 Å². The number of rotatable bonds is 20. The van der Waals surface area contributed by atoms with E-state index in [-0.39, 0.29) is 24.8 Å². The Morgan fingerprint density at radius 3 is 2.04 bits per heavy atom. The zero-order valence-corrected chi connectivity index (χ0v) is 18.1. The van der Waals surface area contributed by atoms with Gasteiger partial charge < -0.3 is 24.8 Å². The Hall–Kier alpha value is -0.690. The Labute approximate surface area is 171 Å². The van der Waals surface area contributed by atoms with Crippen LogP contribution in [0, 0.1) is 0 Å². The first-order chi connectivity index (χ1) is 13.5. The third-order valence-corrected chi connectivity index (χ3v) is 5.10. The van der Waals surface area contributed by atoms with Gasteiger partial charge in [-0.3, -0.25) is 4.79 Å². The van der Waals surface area contributed by atoms with Crippen LogP contribution in [0.4, 0.5) is 0 Å². The molecule has 0 fully saturated rings. The SMILES string of the molecule is CCCCCCCCC(O)C(CCCCCCCC(=O)OCC(O)CO)OC. The topological polar surface area (TPSA) is 96.2 Å². The Morgan fingerprint density at radius 1 is 0.857 bits per heavy atom. The van der Waals surface area contributed by atoms with Crippen LogP contribution in [0.1, 0.15) is 96.8 Å². The molecule has 0 bridgehead atoms. The molecule has 0 aliphatic rings. The highest BCUT2D eigenvalue weighted by Crippen LogP contribution is 2.17. The summed E-state index contributed by atoms with van der Waals surface area (Å²) in [4.78, 5) is 11.5. The van der Waals surface area contributed by atoms with Gasteiger partial charge in [-0.25, -0.2) is 0 Å². The summed E-state index contributed by atoms with van der Waals surface area (Å²) in [6.45, 7) is 1.67. The number of aliphatic hydroxyl groups is 3. The molecule has 0 aromatic rings. The number of carbonyl (C=O) groups is 1. The van der Waals surface area contributed by atoms with E-state index in [0.717, 1.165) is 51.4 Å². The van der Waals surface area contributed by atoms with Gasteiger partial charge in [-0.2, -0.15) is 0 Å². The Kier molecular flexibility index (Phi) is 19.1. The minimum atomic E-state index is -0.992. The highest BCUT2D eigenvalue weighted by Gasteiger charge is 2.17. The van der Waals surface area contributed by atoms with E-state index in [1.54, 1.807) is 7.11 Å². The first-order valence-electron chi connectivity index (χ1n) is 11.2. The molecule has 0 aliphatic carbocycles. The van der Waals surface area contributed by atoms with Crippen molar-refractivity contribution in [2.24, 2.45) is 0 Å². The molecule has 0 aliphatic heterocycles. The molecule has 0 spiro atoms. The van der Waals surface area contributed by atoms with Crippen molar-refractivity contribution in [1.82, 2.24) is 0 Å². The first-order valence-corrected chi connectivity index (χ1v) is 11.2. The van der Waals surface area contributed by atoms with Crippen molar-refractivity contribution in [2.45, 2.75) is 115 Å². The van der Waals surface area contributed by atoms with Gasteiger partial charge in [0.25, 0.3) is 0 Å². The standard InChI is InChI=1S/C22H44O6/c1-3-4-5-6-8-11-14-20(25)21(27-2)15-12-9-7-10-13-16-22(26)28-18-19(24)17-23/h19-21,23-25H,3-18H2,1-2H3. The monoisotopic (exact) mass is 404 g/mol. The van der Waals surface area contributed by atoms with Crippen LogP contribution in [-0.4, -0.2) is 59.9 Å². The summed E-state index contributed by atoms with van der Waals surface area (Å²) in [5.74, 6) is -0.329. The molecule has 0 amide bonds. The lowest BCUT2D eigenvalue weighted by atomic mass is 9.99. The third kappa shape index (κ3) is 16.3. The predicted octanol–water partition coefficient (Wildman–Crippen LogP) is 3.74. The molecule has 0 saturated heterocycles. The quantitative estimate of drug-likeness (QED) is 0.211. The van der Waals surface area contributed by atoms with Crippen molar-refractivity contribution in [3.8, 4) is 0 Å². The second-order valence-corrected chi connectivity index (χ2v) is 7.72. The molecule has 6 nitrogen and oxygen atoms in total. The van der Waals surface area contributed by atoms with Crippen LogP contribution in [0.3, 0.4) is 0 Å². The number of unbranched alkanes of at least 4 members (excludes halogenated alkanes) is 9. The summed E-state index contributed by atoms with van der Waals surface area (Å²) in [5.41, 5.74) is 0. The maximum atomic E-state index is 11.5. The van der Waals surface area contributed by atoms with Gasteiger partial charge in [-0.05, 0) is 19.3 Å². The van der Waals surface area contributed by atoms with Gasteiger partial charge in [0, 0.05) is 13.5 Å². The number of methoxy groups -OCH3 is 1. The lowest BCUT2D eigenvalue weighted by molar-refractivity contribution is -0.147. The highest BCUT2D eigenvalue weighted by molar-refractivity contribution is 5.69. The number of aliphatic hydroxyl groups excluding tert-OH is 3. The van der Waals surface area contributed by atoms with Gasteiger partial charge >= 0.3 is 5.97 Å². The lowest BCUT2D eigenvalue weighted by Gasteiger charge is -2.21. The van der Waals surface area contributed by atoms with Crippen LogP contribution < -0.4 is 0 Å². The Morgan fingerprint density at radius 2 is 1.43 bits per heavy atom. The van der Waals surface area contributed by atoms with Crippen LogP contribution in [0.2, 0.25) is 0 Å². The van der Waals surface area contributed by atoms with Crippen molar-refractivity contribution in [2.75, 3.05) is 20.3 Å². The average molecular weight is 405 g/mol. The fourth-order valence-corrected chi connectivity index (χ4v) is 3.25. The van der Waals surface area contributed by atoms with E-state index in [1.165, 1.54) is 32.1 Å². The lowest BCUT2D eigenvalue weighted by Crippen LogP contribution is -2.27. The molecule has 0 saturated carbocycles. The smallest absolute Gasteiger partial charge is 0.305 e. The zero-order valence-electron chi connectivity index (χ0n) is 18.1. The number of esters is 1. The summed E-state index contributed by atoms with van der Waals surface area (Å²) >= 11 is 0. The summed E-state index contributed by atoms with van der Waals surface area (Å²) in [6, 6.07) is 0. The average Bonchev–Trinajstić information content (AvgIpc) is 2.70. The van der Waals surface area contributed by atoms with Crippen LogP contribution in [0.5, 0.6) is 0 Å². The van der Waals surface area contributed by atoms with Crippen LogP contribution >= 0.6 is 0 Å². The Bertz CT molecular complexity index is 350. The maximum Gasteiger partial charge on any atom is 0.305 e. The van der Waals surface area contributed by atoms with Crippen molar-refractivity contribution >= 4 is 5.97 Å². The van der Waals surface area contributed by atoms with Crippen molar-refractivity contribution < 1.29 is 29.6 Å².